The number of rotatable bonds is 9. The van der Waals surface area contributed by atoms with Gasteiger partial charge in [0, 0.05) is 17.8 Å². The van der Waals surface area contributed by atoms with Crippen molar-refractivity contribution in [1.82, 2.24) is 5.32 Å². The first-order valence-electron chi connectivity index (χ1n) is 9.65. The lowest BCUT2D eigenvalue weighted by molar-refractivity contribution is -0.385. The summed E-state index contributed by atoms with van der Waals surface area (Å²) in [5, 5.41) is 13.3. The van der Waals surface area contributed by atoms with E-state index in [0.29, 0.717) is 5.76 Å². The molecule has 1 amide bonds. The van der Waals surface area contributed by atoms with Crippen molar-refractivity contribution in [2.75, 3.05) is 4.72 Å². The standard InChI is InChI=1S/C21H18ClN3O8S/c1-13(20(26)23-12-17-3-2-10-32-17)33-21(27)14-4-6-15(7-5-14)24-34(30,31)19-11-16(25(28)29)8-9-18(19)22/h2-11,13,24H,12H2,1H3,(H,23,26). The summed E-state index contributed by atoms with van der Waals surface area (Å²) in [6.45, 7) is 1.54. The summed E-state index contributed by atoms with van der Waals surface area (Å²) in [4.78, 5) is 34.1. The number of hydrogen-bond acceptors (Lipinski definition) is 8. The predicted octanol–water partition coefficient (Wildman–Crippen LogP) is 3.50. The number of carbonyl (C=O) groups excluding carboxylic acids is 2. The van der Waals surface area contributed by atoms with E-state index >= 15 is 0 Å². The molecule has 11 nitrogen and oxygen atoms in total. The van der Waals surface area contributed by atoms with E-state index in [1.807, 2.05) is 0 Å². The first kappa shape index (κ1) is 24.7. The highest BCUT2D eigenvalue weighted by Crippen LogP contribution is 2.28. The normalized spacial score (nSPS) is 11.9. The van der Waals surface area contributed by atoms with Crippen LogP contribution in [0, 0.1) is 10.1 Å². The molecule has 0 aliphatic heterocycles. The Balaban J connectivity index is 1.63. The molecule has 34 heavy (non-hydrogen) atoms. The summed E-state index contributed by atoms with van der Waals surface area (Å²) in [6.07, 6.45) is 0.379. The Morgan fingerprint density at radius 2 is 1.88 bits per heavy atom. The molecular weight excluding hydrogens is 490 g/mol. The summed E-state index contributed by atoms with van der Waals surface area (Å²) >= 11 is 5.90. The Morgan fingerprint density at radius 1 is 1.18 bits per heavy atom. The molecule has 13 heteroatoms. The Labute approximate surface area is 198 Å². The van der Waals surface area contributed by atoms with Gasteiger partial charge in [-0.15, -0.1) is 0 Å². The van der Waals surface area contributed by atoms with Gasteiger partial charge in [0.1, 0.15) is 10.7 Å². The average molecular weight is 508 g/mol. The lowest BCUT2D eigenvalue weighted by Gasteiger charge is -2.13. The van der Waals surface area contributed by atoms with Gasteiger partial charge in [0.15, 0.2) is 6.10 Å². The maximum absolute atomic E-state index is 12.6. The highest BCUT2D eigenvalue weighted by atomic mass is 35.5. The lowest BCUT2D eigenvalue weighted by atomic mass is 10.2. The molecule has 0 radical (unpaired) electrons. The van der Waals surface area contributed by atoms with Gasteiger partial charge >= 0.3 is 5.97 Å². The molecule has 2 aromatic carbocycles. The summed E-state index contributed by atoms with van der Waals surface area (Å²) in [6, 6.07) is 11.6. The molecule has 3 rings (SSSR count). The maximum atomic E-state index is 12.6. The average Bonchev–Trinajstić information content (AvgIpc) is 3.31. The van der Waals surface area contributed by atoms with Crippen molar-refractivity contribution in [2.45, 2.75) is 24.5 Å². The number of sulfonamides is 1. The molecule has 0 spiro atoms. The van der Waals surface area contributed by atoms with E-state index in [9.17, 15) is 28.1 Å². The van der Waals surface area contributed by atoms with E-state index in [1.54, 1.807) is 12.1 Å². The molecule has 0 saturated carbocycles. The van der Waals surface area contributed by atoms with Gasteiger partial charge in [-0.3, -0.25) is 19.6 Å². The smallest absolute Gasteiger partial charge is 0.338 e. The quantitative estimate of drug-likeness (QED) is 0.253. The van der Waals surface area contributed by atoms with Gasteiger partial charge < -0.3 is 14.5 Å². The van der Waals surface area contributed by atoms with Crippen molar-refractivity contribution in [2.24, 2.45) is 0 Å². The molecule has 1 atom stereocenters. The van der Waals surface area contributed by atoms with Crippen molar-refractivity contribution < 1.29 is 32.1 Å². The van der Waals surface area contributed by atoms with E-state index < -0.39 is 43.5 Å². The Bertz CT molecular complexity index is 1310. The number of benzene rings is 2. The van der Waals surface area contributed by atoms with Crippen LogP contribution >= 0.6 is 11.6 Å². The lowest BCUT2D eigenvalue weighted by Crippen LogP contribution is -2.35. The second-order valence-electron chi connectivity index (χ2n) is 6.90. The predicted molar refractivity (Wildman–Crippen MR) is 121 cm³/mol. The zero-order chi connectivity index (χ0) is 24.9. The van der Waals surface area contributed by atoms with Crippen LogP contribution in [0.15, 0.2) is 70.2 Å². The van der Waals surface area contributed by atoms with Crippen LogP contribution in [0.4, 0.5) is 11.4 Å². The Morgan fingerprint density at radius 3 is 2.50 bits per heavy atom. The number of nitrogens with one attached hydrogen (secondary N) is 2. The highest BCUT2D eigenvalue weighted by Gasteiger charge is 2.23. The third-order valence-electron chi connectivity index (χ3n) is 4.46. The van der Waals surface area contributed by atoms with Crippen molar-refractivity contribution in [1.29, 1.82) is 0 Å². The molecule has 1 aromatic heterocycles. The fraction of sp³-hybridized carbons (Fsp3) is 0.143. The number of hydrogen-bond donors (Lipinski definition) is 2. The van der Waals surface area contributed by atoms with Gasteiger partial charge in [0.2, 0.25) is 0 Å². The fourth-order valence-electron chi connectivity index (χ4n) is 2.71. The van der Waals surface area contributed by atoms with Gasteiger partial charge in [-0.05, 0) is 49.4 Å². The molecule has 0 fully saturated rings. The fourth-order valence-corrected chi connectivity index (χ4v) is 4.29. The second-order valence-corrected chi connectivity index (χ2v) is 8.96. The molecule has 2 N–H and O–H groups in total. The summed E-state index contributed by atoms with van der Waals surface area (Å²) < 4.78 is 37.7. The molecule has 0 saturated heterocycles. The van der Waals surface area contributed by atoms with Crippen LogP contribution in [0.25, 0.3) is 0 Å². The maximum Gasteiger partial charge on any atom is 0.338 e. The van der Waals surface area contributed by atoms with Crippen LogP contribution < -0.4 is 10.0 Å². The van der Waals surface area contributed by atoms with Crippen LogP contribution in [0.1, 0.15) is 23.0 Å². The van der Waals surface area contributed by atoms with E-state index in [-0.39, 0.29) is 22.8 Å². The third-order valence-corrected chi connectivity index (χ3v) is 6.32. The zero-order valence-electron chi connectivity index (χ0n) is 17.6. The number of esters is 1. The number of amides is 1. The van der Waals surface area contributed by atoms with Gasteiger partial charge in [-0.2, -0.15) is 0 Å². The zero-order valence-corrected chi connectivity index (χ0v) is 19.1. The van der Waals surface area contributed by atoms with Gasteiger partial charge in [0.05, 0.1) is 28.3 Å². The third kappa shape index (κ3) is 6.11. The Kier molecular flexibility index (Phi) is 7.54. The number of ether oxygens (including phenoxy) is 1. The number of non-ortho nitro benzene ring substituents is 1. The number of halogens is 1. The minimum Gasteiger partial charge on any atom is -0.467 e. The first-order chi connectivity index (χ1) is 16.1. The van der Waals surface area contributed by atoms with Crippen molar-refractivity contribution >= 4 is 44.9 Å². The van der Waals surface area contributed by atoms with Crippen LogP contribution in [0.3, 0.4) is 0 Å². The first-order valence-corrected chi connectivity index (χ1v) is 11.5. The second kappa shape index (κ2) is 10.4. The van der Waals surface area contributed by atoms with Crippen molar-refractivity contribution in [3.8, 4) is 0 Å². The number of nitro groups is 1. The van der Waals surface area contributed by atoms with Crippen molar-refractivity contribution in [3.63, 3.8) is 0 Å². The Hall–Kier alpha value is -3.90. The highest BCUT2D eigenvalue weighted by molar-refractivity contribution is 7.92. The number of nitrogens with zero attached hydrogens (tertiary/aromatic N) is 1. The van der Waals surface area contributed by atoms with Gasteiger partial charge in [0.25, 0.3) is 21.6 Å². The summed E-state index contributed by atoms with van der Waals surface area (Å²) in [5.74, 6) is -0.781. The summed E-state index contributed by atoms with van der Waals surface area (Å²) in [7, 11) is -4.25. The van der Waals surface area contributed by atoms with Crippen LogP contribution in [-0.2, 0) is 26.1 Å². The largest absolute Gasteiger partial charge is 0.467 e. The molecule has 3 aromatic rings. The van der Waals surface area contributed by atoms with Crippen molar-refractivity contribution in [3.05, 3.63) is 87.3 Å². The van der Waals surface area contributed by atoms with Crippen LogP contribution in [0.5, 0.6) is 0 Å². The molecule has 1 heterocycles. The van der Waals surface area contributed by atoms with E-state index in [4.69, 9.17) is 20.8 Å². The number of nitro benzene ring substituents is 1. The number of carbonyl (C=O) groups is 2. The van der Waals surface area contributed by atoms with Crippen LogP contribution in [0.2, 0.25) is 5.02 Å². The van der Waals surface area contributed by atoms with Crippen LogP contribution in [-0.4, -0.2) is 31.3 Å². The molecular formula is C21H18ClN3O8S. The molecule has 0 aliphatic carbocycles. The minimum absolute atomic E-state index is 0.0713. The van der Waals surface area contributed by atoms with E-state index in [1.165, 1.54) is 37.5 Å². The topological polar surface area (TPSA) is 158 Å². The van der Waals surface area contributed by atoms with Gasteiger partial charge in [-0.25, -0.2) is 13.2 Å². The summed E-state index contributed by atoms with van der Waals surface area (Å²) in [5.41, 5.74) is -0.296. The van der Waals surface area contributed by atoms with Gasteiger partial charge in [-0.1, -0.05) is 11.6 Å². The minimum atomic E-state index is -4.25. The molecule has 0 aliphatic rings. The number of anilines is 1. The molecule has 0 bridgehead atoms. The molecule has 178 valence electrons. The molecule has 1 unspecified atom stereocenters. The van der Waals surface area contributed by atoms with E-state index in [2.05, 4.69) is 10.0 Å². The van der Waals surface area contributed by atoms with E-state index in [0.717, 1.165) is 18.2 Å². The SMILES string of the molecule is CC(OC(=O)c1ccc(NS(=O)(=O)c2cc([N+](=O)[O-])ccc2Cl)cc1)C(=O)NCc1ccco1. The monoisotopic (exact) mass is 507 g/mol. The number of furan rings is 1.